The Kier molecular flexibility index (Phi) is 3.52. The van der Waals surface area contributed by atoms with Gasteiger partial charge in [-0.25, -0.2) is 0 Å². The predicted octanol–water partition coefficient (Wildman–Crippen LogP) is 1.21. The highest BCUT2D eigenvalue weighted by Gasteiger charge is 2.37. The van der Waals surface area contributed by atoms with Crippen LogP contribution in [-0.4, -0.2) is 36.0 Å². The van der Waals surface area contributed by atoms with Gasteiger partial charge in [0.15, 0.2) is 0 Å². The highest BCUT2D eigenvalue weighted by atomic mass is 16.2. The molecule has 2 atom stereocenters. The quantitative estimate of drug-likeness (QED) is 0.867. The third-order valence-electron chi connectivity index (χ3n) is 4.46. The zero-order valence-corrected chi connectivity index (χ0v) is 12.0. The first kappa shape index (κ1) is 13.6. The van der Waals surface area contributed by atoms with Crippen LogP contribution in [0, 0.1) is 0 Å². The summed E-state index contributed by atoms with van der Waals surface area (Å²) >= 11 is 0. The van der Waals surface area contributed by atoms with Crippen LogP contribution in [0.1, 0.15) is 31.7 Å². The number of hydrogen-bond donors (Lipinski definition) is 2. The number of nitrogens with zero attached hydrogens (tertiary/aromatic N) is 1. The maximum absolute atomic E-state index is 12.5. The van der Waals surface area contributed by atoms with Crippen molar-refractivity contribution in [1.29, 1.82) is 0 Å². The normalized spacial score (nSPS) is 26.2. The summed E-state index contributed by atoms with van der Waals surface area (Å²) in [7, 11) is 0. The van der Waals surface area contributed by atoms with Crippen molar-refractivity contribution in [3.05, 3.63) is 35.9 Å². The van der Waals surface area contributed by atoms with Crippen LogP contribution in [-0.2, 0) is 10.3 Å². The van der Waals surface area contributed by atoms with Crippen molar-refractivity contribution in [2.45, 2.75) is 43.8 Å². The molecule has 1 saturated heterocycles. The molecule has 4 heteroatoms. The molecule has 1 aromatic carbocycles. The second-order valence-corrected chi connectivity index (χ2v) is 6.25. The fraction of sp³-hybridized carbons (Fsp3) is 0.562. The van der Waals surface area contributed by atoms with Crippen LogP contribution >= 0.6 is 0 Å². The minimum absolute atomic E-state index is 0.0775. The fourth-order valence-corrected chi connectivity index (χ4v) is 2.93. The molecule has 108 valence electrons. The first-order chi connectivity index (χ1) is 9.57. The summed E-state index contributed by atoms with van der Waals surface area (Å²) < 4.78 is 0. The third kappa shape index (κ3) is 2.72. The molecule has 0 spiro atoms. The Morgan fingerprint density at radius 1 is 1.30 bits per heavy atom. The standard InChI is InChI=1S/C16H23N3O/c1-16(17,12-5-3-2-4-6-12)15(20)18-13-9-10-19(11-13)14-7-8-14/h2-6,13-14H,7-11,17H2,1H3,(H,18,20). The first-order valence-corrected chi connectivity index (χ1v) is 7.47. The predicted molar refractivity (Wildman–Crippen MR) is 79.1 cm³/mol. The maximum atomic E-state index is 12.5. The summed E-state index contributed by atoms with van der Waals surface area (Å²) in [6, 6.07) is 10.6. The van der Waals surface area contributed by atoms with E-state index in [0.29, 0.717) is 0 Å². The number of rotatable bonds is 4. The number of benzene rings is 1. The molecule has 1 aliphatic heterocycles. The number of carbonyl (C=O) groups excluding carboxylic acids is 1. The Balaban J connectivity index is 1.61. The lowest BCUT2D eigenvalue weighted by Gasteiger charge is -2.26. The Labute approximate surface area is 120 Å². The molecule has 1 amide bonds. The van der Waals surface area contributed by atoms with Crippen molar-refractivity contribution in [3.8, 4) is 0 Å². The molecule has 0 aromatic heterocycles. The molecular weight excluding hydrogens is 250 g/mol. The minimum Gasteiger partial charge on any atom is -0.350 e. The average Bonchev–Trinajstić information content (AvgIpc) is 3.20. The zero-order valence-electron chi connectivity index (χ0n) is 12.0. The van der Waals surface area contributed by atoms with E-state index in [1.807, 2.05) is 30.3 Å². The molecule has 1 saturated carbocycles. The fourth-order valence-electron chi connectivity index (χ4n) is 2.93. The Morgan fingerprint density at radius 3 is 2.65 bits per heavy atom. The first-order valence-electron chi connectivity index (χ1n) is 7.47. The van der Waals surface area contributed by atoms with Gasteiger partial charge < -0.3 is 11.1 Å². The third-order valence-corrected chi connectivity index (χ3v) is 4.46. The van der Waals surface area contributed by atoms with E-state index in [0.717, 1.165) is 31.1 Å². The number of hydrogen-bond acceptors (Lipinski definition) is 3. The Morgan fingerprint density at radius 2 is 2.00 bits per heavy atom. The largest absolute Gasteiger partial charge is 0.350 e. The van der Waals surface area contributed by atoms with Gasteiger partial charge in [-0.15, -0.1) is 0 Å². The molecule has 2 fully saturated rings. The van der Waals surface area contributed by atoms with Crippen LogP contribution in [0.5, 0.6) is 0 Å². The van der Waals surface area contributed by atoms with Gasteiger partial charge in [0, 0.05) is 25.2 Å². The van der Waals surface area contributed by atoms with Crippen molar-refractivity contribution in [2.24, 2.45) is 5.73 Å². The Hall–Kier alpha value is -1.39. The molecule has 3 rings (SSSR count). The van der Waals surface area contributed by atoms with Crippen molar-refractivity contribution >= 4 is 5.91 Å². The lowest BCUT2D eigenvalue weighted by atomic mass is 9.92. The summed E-state index contributed by atoms with van der Waals surface area (Å²) in [5, 5.41) is 3.12. The summed E-state index contributed by atoms with van der Waals surface area (Å²) in [5.74, 6) is -0.0775. The highest BCUT2D eigenvalue weighted by Crippen LogP contribution is 2.30. The number of nitrogens with one attached hydrogen (secondary N) is 1. The molecule has 20 heavy (non-hydrogen) atoms. The molecule has 3 N–H and O–H groups in total. The number of likely N-dealkylation sites (tertiary alicyclic amines) is 1. The lowest BCUT2D eigenvalue weighted by molar-refractivity contribution is -0.126. The van der Waals surface area contributed by atoms with E-state index in [-0.39, 0.29) is 11.9 Å². The molecule has 4 nitrogen and oxygen atoms in total. The van der Waals surface area contributed by atoms with Gasteiger partial charge in [0.2, 0.25) is 5.91 Å². The van der Waals surface area contributed by atoms with Crippen LogP contribution in [0.3, 0.4) is 0 Å². The summed E-state index contributed by atoms with van der Waals surface area (Å²) in [6.07, 6.45) is 3.67. The lowest BCUT2D eigenvalue weighted by Crippen LogP contribution is -2.52. The monoisotopic (exact) mass is 273 g/mol. The van der Waals surface area contributed by atoms with E-state index in [1.54, 1.807) is 6.92 Å². The van der Waals surface area contributed by atoms with Gasteiger partial charge in [-0.1, -0.05) is 30.3 Å². The molecule has 2 aliphatic rings. The Bertz CT molecular complexity index is 482. The van der Waals surface area contributed by atoms with Crippen LogP contribution < -0.4 is 11.1 Å². The van der Waals surface area contributed by atoms with E-state index in [1.165, 1.54) is 12.8 Å². The van der Waals surface area contributed by atoms with Crippen LogP contribution in [0.15, 0.2) is 30.3 Å². The molecule has 0 bridgehead atoms. The molecular formula is C16H23N3O. The minimum atomic E-state index is -0.964. The van der Waals surface area contributed by atoms with Gasteiger partial charge in [-0.3, -0.25) is 9.69 Å². The summed E-state index contributed by atoms with van der Waals surface area (Å²) in [6.45, 7) is 3.86. The van der Waals surface area contributed by atoms with Gasteiger partial charge in [0.25, 0.3) is 0 Å². The maximum Gasteiger partial charge on any atom is 0.244 e. The topological polar surface area (TPSA) is 58.4 Å². The van der Waals surface area contributed by atoms with E-state index < -0.39 is 5.54 Å². The van der Waals surface area contributed by atoms with Crippen LogP contribution in [0.4, 0.5) is 0 Å². The second-order valence-electron chi connectivity index (χ2n) is 6.25. The zero-order chi connectivity index (χ0) is 14.2. The van der Waals surface area contributed by atoms with Crippen molar-refractivity contribution < 1.29 is 4.79 Å². The smallest absolute Gasteiger partial charge is 0.244 e. The molecule has 1 aliphatic carbocycles. The van der Waals surface area contributed by atoms with Gasteiger partial charge in [-0.2, -0.15) is 0 Å². The van der Waals surface area contributed by atoms with Gasteiger partial charge in [-0.05, 0) is 31.7 Å². The number of nitrogens with two attached hydrogens (primary N) is 1. The summed E-state index contributed by atoms with van der Waals surface area (Å²) in [4.78, 5) is 14.9. The van der Waals surface area contributed by atoms with E-state index in [2.05, 4.69) is 10.2 Å². The van der Waals surface area contributed by atoms with E-state index >= 15 is 0 Å². The molecule has 1 heterocycles. The van der Waals surface area contributed by atoms with E-state index in [4.69, 9.17) is 5.73 Å². The SMILES string of the molecule is CC(N)(C(=O)NC1CCN(C2CC2)C1)c1ccccc1. The van der Waals surface area contributed by atoms with Crippen LogP contribution in [0.25, 0.3) is 0 Å². The van der Waals surface area contributed by atoms with Crippen molar-refractivity contribution in [2.75, 3.05) is 13.1 Å². The van der Waals surface area contributed by atoms with Crippen molar-refractivity contribution in [1.82, 2.24) is 10.2 Å². The van der Waals surface area contributed by atoms with Crippen LogP contribution in [0.2, 0.25) is 0 Å². The second kappa shape index (κ2) is 5.19. The van der Waals surface area contributed by atoms with Crippen molar-refractivity contribution in [3.63, 3.8) is 0 Å². The number of carbonyl (C=O) groups is 1. The molecule has 1 aromatic rings. The number of amides is 1. The van der Waals surface area contributed by atoms with Gasteiger partial charge >= 0.3 is 0 Å². The molecule has 2 unspecified atom stereocenters. The van der Waals surface area contributed by atoms with Gasteiger partial charge in [0.1, 0.15) is 5.54 Å². The van der Waals surface area contributed by atoms with Gasteiger partial charge in [0.05, 0.1) is 0 Å². The average molecular weight is 273 g/mol. The van der Waals surface area contributed by atoms with E-state index in [9.17, 15) is 4.79 Å². The summed E-state index contributed by atoms with van der Waals surface area (Å²) in [5.41, 5.74) is 6.13. The molecule has 0 radical (unpaired) electrons. The highest BCUT2D eigenvalue weighted by molar-refractivity contribution is 5.87.